The number of benzene rings is 1. The van der Waals surface area contributed by atoms with E-state index in [0.717, 1.165) is 25.0 Å². The molecule has 3 rings (SSSR count). The molecule has 0 bridgehead atoms. The van der Waals surface area contributed by atoms with Gasteiger partial charge in [0.15, 0.2) is 0 Å². The lowest BCUT2D eigenvalue weighted by Gasteiger charge is -2.24. The lowest BCUT2D eigenvalue weighted by molar-refractivity contribution is 0.220. The van der Waals surface area contributed by atoms with E-state index in [0.29, 0.717) is 0 Å². The summed E-state index contributed by atoms with van der Waals surface area (Å²) in [5, 5.41) is 4.57. The summed E-state index contributed by atoms with van der Waals surface area (Å²) in [6, 6.07) is 10.6. The van der Waals surface area contributed by atoms with Crippen molar-refractivity contribution in [2.45, 2.75) is 18.9 Å². The zero-order chi connectivity index (χ0) is 13.1. The van der Waals surface area contributed by atoms with Crippen LogP contribution in [0.25, 0.3) is 10.9 Å². The fourth-order valence-electron chi connectivity index (χ4n) is 2.70. The normalized spacial score (nSPS) is 16.8. The van der Waals surface area contributed by atoms with Crippen LogP contribution in [0, 0.1) is 0 Å². The fraction of sp³-hybridized carbons (Fsp3) is 0.312. The Morgan fingerprint density at radius 1 is 1.26 bits per heavy atom. The van der Waals surface area contributed by atoms with Crippen LogP contribution < -0.4 is 5.32 Å². The van der Waals surface area contributed by atoms with E-state index in [4.69, 9.17) is 4.74 Å². The van der Waals surface area contributed by atoms with Crippen LogP contribution in [0.15, 0.2) is 48.4 Å². The van der Waals surface area contributed by atoms with Crippen LogP contribution in [0.5, 0.6) is 0 Å². The van der Waals surface area contributed by atoms with E-state index in [-0.39, 0.29) is 6.04 Å². The van der Waals surface area contributed by atoms with Crippen LogP contribution >= 0.6 is 0 Å². The van der Waals surface area contributed by atoms with Gasteiger partial charge in [0.1, 0.15) is 0 Å². The Kier molecular flexibility index (Phi) is 3.47. The first-order chi connectivity index (χ1) is 9.40. The van der Waals surface area contributed by atoms with Crippen molar-refractivity contribution in [2.75, 3.05) is 13.7 Å². The first-order valence-electron chi connectivity index (χ1n) is 6.71. The van der Waals surface area contributed by atoms with E-state index < -0.39 is 0 Å². The first kappa shape index (κ1) is 12.2. The van der Waals surface area contributed by atoms with Crippen molar-refractivity contribution in [3.63, 3.8) is 0 Å². The van der Waals surface area contributed by atoms with Gasteiger partial charge >= 0.3 is 0 Å². The number of para-hydroxylation sites is 1. The number of hydrogen-bond acceptors (Lipinski definition) is 3. The molecule has 2 aromatic rings. The van der Waals surface area contributed by atoms with Crippen LogP contribution in [0.3, 0.4) is 0 Å². The highest BCUT2D eigenvalue weighted by atomic mass is 16.5. The number of pyridine rings is 1. The van der Waals surface area contributed by atoms with Crippen LogP contribution in [-0.2, 0) is 4.74 Å². The SMILES string of the molecule is CNC(C1=COCCC1)c1cccc2cccnc12. The molecule has 0 saturated carbocycles. The highest BCUT2D eigenvalue weighted by Gasteiger charge is 2.19. The van der Waals surface area contributed by atoms with Gasteiger partial charge in [-0.2, -0.15) is 0 Å². The Morgan fingerprint density at radius 3 is 2.95 bits per heavy atom. The topological polar surface area (TPSA) is 34.1 Å². The Bertz CT molecular complexity index is 601. The molecule has 1 aliphatic heterocycles. The number of likely N-dealkylation sites (N-methyl/N-ethyl adjacent to an activating group) is 1. The van der Waals surface area contributed by atoms with Crippen molar-refractivity contribution in [1.29, 1.82) is 0 Å². The van der Waals surface area contributed by atoms with Crippen molar-refractivity contribution in [2.24, 2.45) is 0 Å². The minimum absolute atomic E-state index is 0.180. The summed E-state index contributed by atoms with van der Waals surface area (Å²) < 4.78 is 5.48. The summed E-state index contributed by atoms with van der Waals surface area (Å²) in [4.78, 5) is 4.54. The second-order valence-electron chi connectivity index (χ2n) is 4.81. The highest BCUT2D eigenvalue weighted by molar-refractivity contribution is 5.82. The van der Waals surface area contributed by atoms with Gasteiger partial charge in [0.2, 0.25) is 0 Å². The smallest absolute Gasteiger partial charge is 0.0876 e. The standard InChI is InChI=1S/C16H18N2O/c1-17-15(13-7-4-10-19-11-13)14-8-2-5-12-6-3-9-18-16(12)14/h2-3,5-6,8-9,11,15,17H,4,7,10H2,1H3. The van der Waals surface area contributed by atoms with Crippen molar-refractivity contribution in [1.82, 2.24) is 10.3 Å². The third-order valence-electron chi connectivity index (χ3n) is 3.60. The maximum atomic E-state index is 5.48. The Balaban J connectivity index is 2.08. The van der Waals surface area contributed by atoms with Crippen molar-refractivity contribution in [3.05, 3.63) is 53.9 Å². The average Bonchev–Trinajstić information content (AvgIpc) is 2.49. The predicted octanol–water partition coefficient (Wildman–Crippen LogP) is 3.19. The molecule has 98 valence electrons. The third kappa shape index (κ3) is 2.34. The van der Waals surface area contributed by atoms with E-state index >= 15 is 0 Å². The van der Waals surface area contributed by atoms with E-state index in [9.17, 15) is 0 Å². The quantitative estimate of drug-likeness (QED) is 0.913. The van der Waals surface area contributed by atoms with E-state index in [1.54, 1.807) is 0 Å². The maximum Gasteiger partial charge on any atom is 0.0876 e. The van der Waals surface area contributed by atoms with Crippen LogP contribution in [-0.4, -0.2) is 18.6 Å². The van der Waals surface area contributed by atoms with E-state index in [1.807, 2.05) is 25.6 Å². The molecule has 0 fully saturated rings. The summed E-state index contributed by atoms with van der Waals surface area (Å²) in [6.07, 6.45) is 5.92. The number of aromatic nitrogens is 1. The molecule has 1 N–H and O–H groups in total. The lowest BCUT2D eigenvalue weighted by Crippen LogP contribution is -2.21. The lowest BCUT2D eigenvalue weighted by atomic mass is 9.93. The van der Waals surface area contributed by atoms with Crippen molar-refractivity contribution >= 4 is 10.9 Å². The molecular formula is C16H18N2O. The molecule has 1 unspecified atom stereocenters. The maximum absolute atomic E-state index is 5.48. The molecule has 0 aliphatic carbocycles. The van der Waals surface area contributed by atoms with Gasteiger partial charge in [-0.3, -0.25) is 4.98 Å². The minimum Gasteiger partial charge on any atom is -0.501 e. The van der Waals surface area contributed by atoms with Gasteiger partial charge in [0.25, 0.3) is 0 Å². The first-order valence-corrected chi connectivity index (χ1v) is 6.71. The molecule has 19 heavy (non-hydrogen) atoms. The average molecular weight is 254 g/mol. The van der Waals surface area contributed by atoms with Crippen LogP contribution in [0.2, 0.25) is 0 Å². The predicted molar refractivity (Wildman–Crippen MR) is 76.8 cm³/mol. The van der Waals surface area contributed by atoms with Gasteiger partial charge in [0.05, 0.1) is 24.4 Å². The largest absolute Gasteiger partial charge is 0.501 e. The molecule has 3 heteroatoms. The molecule has 0 spiro atoms. The summed E-state index contributed by atoms with van der Waals surface area (Å²) in [5.74, 6) is 0. The number of fused-ring (bicyclic) bond motifs is 1. The second kappa shape index (κ2) is 5.41. The molecule has 0 saturated heterocycles. The summed E-state index contributed by atoms with van der Waals surface area (Å²) in [6.45, 7) is 0.827. The summed E-state index contributed by atoms with van der Waals surface area (Å²) >= 11 is 0. The zero-order valence-corrected chi connectivity index (χ0v) is 11.1. The Hall–Kier alpha value is -1.87. The third-order valence-corrected chi connectivity index (χ3v) is 3.60. The van der Waals surface area contributed by atoms with Gasteiger partial charge in [-0.05, 0) is 37.1 Å². The van der Waals surface area contributed by atoms with Gasteiger partial charge < -0.3 is 10.1 Å². The number of ether oxygens (including phenoxy) is 1. The van der Waals surface area contributed by atoms with Crippen molar-refractivity contribution in [3.8, 4) is 0 Å². The van der Waals surface area contributed by atoms with Gasteiger partial charge in [-0.15, -0.1) is 0 Å². The molecular weight excluding hydrogens is 236 g/mol. The second-order valence-corrected chi connectivity index (χ2v) is 4.81. The molecule has 0 radical (unpaired) electrons. The Morgan fingerprint density at radius 2 is 2.16 bits per heavy atom. The molecule has 1 aliphatic rings. The summed E-state index contributed by atoms with van der Waals surface area (Å²) in [7, 11) is 1.99. The van der Waals surface area contributed by atoms with Gasteiger partial charge in [-0.25, -0.2) is 0 Å². The molecule has 1 aromatic carbocycles. The van der Waals surface area contributed by atoms with Crippen LogP contribution in [0.1, 0.15) is 24.4 Å². The number of nitrogens with one attached hydrogen (secondary N) is 1. The van der Waals surface area contributed by atoms with Crippen LogP contribution in [0.4, 0.5) is 0 Å². The number of hydrogen-bond donors (Lipinski definition) is 1. The minimum atomic E-state index is 0.180. The van der Waals surface area contributed by atoms with Gasteiger partial charge in [-0.1, -0.05) is 24.3 Å². The van der Waals surface area contributed by atoms with E-state index in [2.05, 4.69) is 34.6 Å². The van der Waals surface area contributed by atoms with E-state index in [1.165, 1.54) is 16.5 Å². The molecule has 1 aromatic heterocycles. The fourth-order valence-corrected chi connectivity index (χ4v) is 2.70. The zero-order valence-electron chi connectivity index (χ0n) is 11.1. The molecule has 3 nitrogen and oxygen atoms in total. The number of rotatable bonds is 3. The summed E-state index contributed by atoms with van der Waals surface area (Å²) in [5.41, 5.74) is 3.58. The van der Waals surface area contributed by atoms with Gasteiger partial charge in [0, 0.05) is 11.6 Å². The molecule has 0 amide bonds. The Labute approximate surface area is 113 Å². The monoisotopic (exact) mass is 254 g/mol. The molecule has 1 atom stereocenters. The molecule has 2 heterocycles. The van der Waals surface area contributed by atoms with Crippen molar-refractivity contribution < 1.29 is 4.74 Å². The highest BCUT2D eigenvalue weighted by Crippen LogP contribution is 2.31. The number of nitrogens with zero attached hydrogens (tertiary/aromatic N) is 1.